The molecule has 0 bridgehead atoms. The topological polar surface area (TPSA) is 132 Å². The standard InChI is InChI=1S/C6H8O7.Ca.2Na.4H/c7-3(8)1-6(13,5(11)12)2-4(9)10;;;;;;;/h13H,1-2H2,(H,7,8)(H,9,10)(H,11,12);;;;;;;/q;+2;2*+1;4*-1. The Bertz CT molecular complexity index is 256. The molecule has 0 saturated heterocycles. The molecular formula is C6H12CaNa2O7. The van der Waals surface area contributed by atoms with E-state index >= 15 is 0 Å². The first-order chi connectivity index (χ1) is 5.78. The second-order valence-corrected chi connectivity index (χ2v) is 2.48. The van der Waals surface area contributed by atoms with E-state index in [0.717, 1.165) is 0 Å². The minimum Gasteiger partial charge on any atom is -1.00 e. The van der Waals surface area contributed by atoms with Gasteiger partial charge in [0.1, 0.15) is 0 Å². The van der Waals surface area contributed by atoms with Crippen molar-refractivity contribution >= 4 is 55.6 Å². The Balaban J connectivity index is -0.0000000343. The van der Waals surface area contributed by atoms with Crippen molar-refractivity contribution in [3.05, 3.63) is 0 Å². The number of aliphatic hydroxyl groups is 1. The van der Waals surface area contributed by atoms with Crippen molar-refractivity contribution in [3.63, 3.8) is 0 Å². The van der Waals surface area contributed by atoms with Gasteiger partial charge in [0.2, 0.25) is 0 Å². The zero-order valence-electron chi connectivity index (χ0n) is 13.1. The molecular weight excluding hydrogens is 270 g/mol. The summed E-state index contributed by atoms with van der Waals surface area (Å²) in [6.07, 6.45) is -2.29. The number of carboxylic acid groups (broad SMARTS) is 3. The molecule has 0 amide bonds. The van der Waals surface area contributed by atoms with Crippen LogP contribution in [0, 0.1) is 0 Å². The van der Waals surface area contributed by atoms with Gasteiger partial charge in [-0.25, -0.2) is 4.79 Å². The molecule has 0 aliphatic heterocycles. The molecule has 0 fully saturated rings. The van der Waals surface area contributed by atoms with Crippen LogP contribution in [0.15, 0.2) is 0 Å². The van der Waals surface area contributed by atoms with E-state index in [1.165, 1.54) is 0 Å². The maximum atomic E-state index is 10.3. The molecule has 0 unspecified atom stereocenters. The van der Waals surface area contributed by atoms with E-state index in [-0.39, 0.29) is 103 Å². The summed E-state index contributed by atoms with van der Waals surface area (Å²) in [6.45, 7) is 0. The molecule has 0 rings (SSSR count). The summed E-state index contributed by atoms with van der Waals surface area (Å²) in [5.74, 6) is -5.02. The van der Waals surface area contributed by atoms with Gasteiger partial charge in [0.25, 0.3) is 0 Å². The molecule has 0 aromatic rings. The summed E-state index contributed by atoms with van der Waals surface area (Å²) in [4.78, 5) is 30.5. The molecule has 0 heterocycles. The van der Waals surface area contributed by atoms with Gasteiger partial charge in [-0.15, -0.1) is 0 Å². The summed E-state index contributed by atoms with van der Waals surface area (Å²) < 4.78 is 0. The van der Waals surface area contributed by atoms with Crippen molar-refractivity contribution in [2.24, 2.45) is 0 Å². The first kappa shape index (κ1) is 26.2. The van der Waals surface area contributed by atoms with Crippen LogP contribution in [0.25, 0.3) is 0 Å². The zero-order valence-corrected chi connectivity index (χ0v) is 15.3. The van der Waals surface area contributed by atoms with Crippen LogP contribution in [0.3, 0.4) is 0 Å². The summed E-state index contributed by atoms with van der Waals surface area (Å²) in [7, 11) is 0. The number of hydrogen-bond acceptors (Lipinski definition) is 4. The summed E-state index contributed by atoms with van der Waals surface area (Å²) in [5, 5.41) is 33.8. The molecule has 0 aromatic carbocycles. The van der Waals surface area contributed by atoms with Gasteiger partial charge in [-0.05, 0) is 0 Å². The Morgan fingerprint density at radius 2 is 1.19 bits per heavy atom. The third kappa shape index (κ3) is 10.8. The van der Waals surface area contributed by atoms with E-state index < -0.39 is 36.4 Å². The SMILES string of the molecule is O=C(O)CC(O)(CC(=O)O)C(=O)O.[Ca+2].[H-].[H-].[H-].[H-].[Na+].[Na+]. The van der Waals surface area contributed by atoms with Gasteiger partial charge in [0.15, 0.2) is 5.60 Å². The quantitative estimate of drug-likeness (QED) is 0.368. The maximum absolute atomic E-state index is 10.3. The monoisotopic (exact) mass is 282 g/mol. The van der Waals surface area contributed by atoms with Crippen LogP contribution in [-0.2, 0) is 14.4 Å². The van der Waals surface area contributed by atoms with Crippen LogP contribution < -0.4 is 59.1 Å². The number of rotatable bonds is 5. The molecule has 0 aliphatic rings. The molecule has 16 heavy (non-hydrogen) atoms. The van der Waals surface area contributed by atoms with E-state index in [1.54, 1.807) is 0 Å². The molecule has 0 saturated carbocycles. The van der Waals surface area contributed by atoms with E-state index in [0.29, 0.717) is 0 Å². The van der Waals surface area contributed by atoms with Crippen molar-refractivity contribution in [2.45, 2.75) is 18.4 Å². The number of aliphatic carboxylic acids is 3. The average molecular weight is 282 g/mol. The van der Waals surface area contributed by atoms with Crippen LogP contribution in [0.2, 0.25) is 0 Å². The summed E-state index contributed by atoms with van der Waals surface area (Å²) in [5.41, 5.74) is -2.74. The van der Waals surface area contributed by atoms with Gasteiger partial charge >= 0.3 is 115 Å². The largest absolute Gasteiger partial charge is 2.00 e. The third-order valence-electron chi connectivity index (χ3n) is 1.29. The van der Waals surface area contributed by atoms with E-state index in [9.17, 15) is 14.4 Å². The zero-order chi connectivity index (χ0) is 10.6. The second-order valence-electron chi connectivity index (χ2n) is 2.48. The molecule has 0 radical (unpaired) electrons. The first-order valence-electron chi connectivity index (χ1n) is 3.17. The minimum atomic E-state index is -2.74. The van der Waals surface area contributed by atoms with Crippen LogP contribution >= 0.6 is 0 Å². The maximum Gasteiger partial charge on any atom is 2.00 e. The van der Waals surface area contributed by atoms with Gasteiger partial charge in [-0.3, -0.25) is 9.59 Å². The van der Waals surface area contributed by atoms with Crippen molar-refractivity contribution < 1.29 is 99.6 Å². The molecule has 4 N–H and O–H groups in total. The van der Waals surface area contributed by atoms with Gasteiger partial charge < -0.3 is 26.1 Å². The smallest absolute Gasteiger partial charge is 1.00 e. The Kier molecular flexibility index (Phi) is 19.2. The Morgan fingerprint density at radius 1 is 0.938 bits per heavy atom. The fourth-order valence-corrected chi connectivity index (χ4v) is 0.714. The number of carbonyl (C=O) groups is 3. The summed E-state index contributed by atoms with van der Waals surface area (Å²) in [6, 6.07) is 0. The van der Waals surface area contributed by atoms with Crippen LogP contribution in [-0.4, -0.2) is 81.7 Å². The Labute approximate surface area is 171 Å². The van der Waals surface area contributed by atoms with Crippen molar-refractivity contribution in [1.82, 2.24) is 0 Å². The average Bonchev–Trinajstić information content (AvgIpc) is 1.82. The summed E-state index contributed by atoms with van der Waals surface area (Å²) >= 11 is 0. The molecule has 0 spiro atoms. The van der Waals surface area contributed by atoms with Gasteiger partial charge in [-0.1, -0.05) is 0 Å². The second kappa shape index (κ2) is 11.7. The molecule has 10 heteroatoms. The Morgan fingerprint density at radius 3 is 1.31 bits per heavy atom. The van der Waals surface area contributed by atoms with E-state index in [4.69, 9.17) is 20.4 Å². The Hall–Kier alpha value is 1.63. The van der Waals surface area contributed by atoms with E-state index in [2.05, 4.69) is 0 Å². The normalized spacial score (nSPS) is 8.81. The predicted octanol–water partition coefficient (Wildman–Crippen LogP) is -7.17. The van der Waals surface area contributed by atoms with Gasteiger partial charge in [0.05, 0.1) is 12.8 Å². The molecule has 0 aliphatic carbocycles. The van der Waals surface area contributed by atoms with Gasteiger partial charge in [-0.2, -0.15) is 0 Å². The van der Waals surface area contributed by atoms with Crippen LogP contribution in [0.4, 0.5) is 0 Å². The van der Waals surface area contributed by atoms with E-state index in [1.807, 2.05) is 0 Å². The third-order valence-corrected chi connectivity index (χ3v) is 1.29. The van der Waals surface area contributed by atoms with Gasteiger partial charge in [0, 0.05) is 0 Å². The predicted molar refractivity (Wildman–Crippen MR) is 47.3 cm³/mol. The fourth-order valence-electron chi connectivity index (χ4n) is 0.714. The van der Waals surface area contributed by atoms with Crippen LogP contribution in [0.1, 0.15) is 18.5 Å². The molecule has 82 valence electrons. The first-order valence-corrected chi connectivity index (χ1v) is 3.17. The number of hydrogen-bond donors (Lipinski definition) is 4. The molecule has 7 nitrogen and oxygen atoms in total. The van der Waals surface area contributed by atoms with Crippen molar-refractivity contribution in [3.8, 4) is 0 Å². The molecule has 0 atom stereocenters. The molecule has 0 aromatic heterocycles. The van der Waals surface area contributed by atoms with Crippen molar-refractivity contribution in [1.29, 1.82) is 0 Å². The van der Waals surface area contributed by atoms with Crippen LogP contribution in [0.5, 0.6) is 0 Å². The fraction of sp³-hybridized carbons (Fsp3) is 0.500. The minimum absolute atomic E-state index is 0. The van der Waals surface area contributed by atoms with Crippen molar-refractivity contribution in [2.75, 3.05) is 0 Å². The number of carboxylic acids is 3.